The van der Waals surface area contributed by atoms with Gasteiger partial charge in [-0.1, -0.05) is 78.9 Å². The Balaban J connectivity index is 0.000000709. The molecular weight excluding hydrogens is 408 g/mol. The Morgan fingerprint density at radius 2 is 1.52 bits per heavy atom. The van der Waals surface area contributed by atoms with Gasteiger partial charge in [-0.2, -0.15) is 0 Å². The van der Waals surface area contributed by atoms with E-state index in [1.165, 1.54) is 5.56 Å². The number of rotatable bonds is 7. The Hall–Kier alpha value is -3.76. The van der Waals surface area contributed by atoms with Crippen LogP contribution in [0.5, 0.6) is 0 Å². The van der Waals surface area contributed by atoms with Crippen molar-refractivity contribution < 1.29 is 9.53 Å². The molecule has 168 valence electrons. The average Bonchev–Trinajstić information content (AvgIpc) is 2.88. The van der Waals surface area contributed by atoms with Gasteiger partial charge in [0.25, 0.3) is 0 Å². The van der Waals surface area contributed by atoms with Crippen molar-refractivity contribution in [3.8, 4) is 11.1 Å². The quantitative estimate of drug-likeness (QED) is 0.249. The van der Waals surface area contributed by atoms with Crippen LogP contribution in [0.2, 0.25) is 0 Å². The van der Waals surface area contributed by atoms with Gasteiger partial charge >= 0.3 is 0 Å². The van der Waals surface area contributed by atoms with Crippen molar-refractivity contribution in [3.05, 3.63) is 96.1 Å². The fraction of sp³-hybridized carbons (Fsp3) is 0.172. The van der Waals surface area contributed by atoms with E-state index in [1.54, 1.807) is 7.11 Å². The van der Waals surface area contributed by atoms with Gasteiger partial charge < -0.3 is 14.4 Å². The molecule has 4 nitrogen and oxygen atoms in total. The summed E-state index contributed by atoms with van der Waals surface area (Å²) in [5.74, 6) is 0.788. The molecular formula is C29H30N2O2. The molecule has 0 atom stereocenters. The summed E-state index contributed by atoms with van der Waals surface area (Å²) in [5.41, 5.74) is 5.44. The van der Waals surface area contributed by atoms with Crippen LogP contribution < -0.4 is 4.90 Å². The second-order valence-electron chi connectivity index (χ2n) is 7.54. The minimum atomic E-state index is 0.310. The van der Waals surface area contributed by atoms with Crippen LogP contribution in [0, 0.1) is 0 Å². The minimum absolute atomic E-state index is 0.310. The number of carbonyl (C=O) groups is 1. The third-order valence-corrected chi connectivity index (χ3v) is 5.20. The van der Waals surface area contributed by atoms with Gasteiger partial charge in [-0.15, -0.1) is 0 Å². The maximum atomic E-state index is 11.0. The number of anilines is 1. The maximum Gasteiger partial charge on any atom is 0.139 e. The lowest BCUT2D eigenvalue weighted by molar-refractivity contribution is -0.106. The second kappa shape index (κ2) is 12.3. The van der Waals surface area contributed by atoms with E-state index in [9.17, 15) is 4.79 Å². The predicted octanol–water partition coefficient (Wildman–Crippen LogP) is 6.36. The van der Waals surface area contributed by atoms with E-state index in [-0.39, 0.29) is 0 Å². The molecule has 4 heteroatoms. The zero-order valence-electron chi connectivity index (χ0n) is 19.4. The molecule has 4 aromatic rings. The van der Waals surface area contributed by atoms with Crippen molar-refractivity contribution in [1.82, 2.24) is 4.98 Å². The summed E-state index contributed by atoms with van der Waals surface area (Å²) in [4.78, 5) is 17.6. The number of pyridine rings is 1. The van der Waals surface area contributed by atoms with E-state index < -0.39 is 0 Å². The first-order chi connectivity index (χ1) is 16.2. The van der Waals surface area contributed by atoms with Gasteiger partial charge in [0.05, 0.1) is 12.1 Å². The van der Waals surface area contributed by atoms with Crippen LogP contribution >= 0.6 is 0 Å². The molecule has 33 heavy (non-hydrogen) atoms. The molecule has 0 radical (unpaired) electrons. The number of likely N-dealkylation sites (N-methyl/N-ethyl adjacent to an activating group) is 1. The summed E-state index contributed by atoms with van der Waals surface area (Å²) in [6, 6.07) is 28.9. The van der Waals surface area contributed by atoms with Gasteiger partial charge in [0, 0.05) is 26.2 Å². The molecule has 0 aliphatic heterocycles. The molecule has 0 spiro atoms. The van der Waals surface area contributed by atoms with Crippen molar-refractivity contribution in [2.24, 2.45) is 0 Å². The molecule has 0 bridgehead atoms. The zero-order valence-corrected chi connectivity index (χ0v) is 19.4. The van der Waals surface area contributed by atoms with Crippen LogP contribution in [0.25, 0.3) is 34.2 Å². The first-order valence-corrected chi connectivity index (χ1v) is 11.0. The first-order valence-electron chi connectivity index (χ1n) is 11.0. The fourth-order valence-corrected chi connectivity index (χ4v) is 3.35. The van der Waals surface area contributed by atoms with E-state index in [0.717, 1.165) is 46.3 Å². The number of ether oxygens (including phenoxy) is 1. The van der Waals surface area contributed by atoms with Gasteiger partial charge in [-0.05, 0) is 47.4 Å². The summed E-state index contributed by atoms with van der Waals surface area (Å²) < 4.78 is 4.54. The number of benzene rings is 3. The number of fused-ring (bicyclic) bond motifs is 1. The monoisotopic (exact) mass is 438 g/mol. The van der Waals surface area contributed by atoms with Crippen molar-refractivity contribution in [3.63, 3.8) is 0 Å². The molecule has 1 aromatic heterocycles. The zero-order chi connectivity index (χ0) is 23.5. The fourth-order valence-electron chi connectivity index (χ4n) is 3.35. The summed E-state index contributed by atoms with van der Waals surface area (Å²) in [5, 5.41) is 1.09. The average molecular weight is 439 g/mol. The first kappa shape index (κ1) is 23.9. The van der Waals surface area contributed by atoms with Crippen LogP contribution in [-0.4, -0.2) is 38.6 Å². The van der Waals surface area contributed by atoms with E-state index in [1.807, 2.05) is 61.3 Å². The largest absolute Gasteiger partial charge is 0.385 e. The number of hydrogen-bond acceptors (Lipinski definition) is 4. The van der Waals surface area contributed by atoms with E-state index in [0.29, 0.717) is 6.54 Å². The number of carbonyl (C=O) groups excluding carboxylic acids is 1. The van der Waals surface area contributed by atoms with Crippen molar-refractivity contribution in [2.45, 2.75) is 6.92 Å². The van der Waals surface area contributed by atoms with Crippen molar-refractivity contribution in [1.29, 1.82) is 0 Å². The Bertz CT molecular complexity index is 1190. The molecule has 0 N–H and O–H groups in total. The molecule has 3 aromatic carbocycles. The Labute approximate surface area is 196 Å². The highest BCUT2D eigenvalue weighted by molar-refractivity contribution is 5.97. The molecule has 0 aliphatic rings. The highest BCUT2D eigenvalue weighted by atomic mass is 16.5. The Morgan fingerprint density at radius 3 is 2.15 bits per heavy atom. The van der Waals surface area contributed by atoms with Gasteiger partial charge in [-0.25, -0.2) is 4.98 Å². The maximum absolute atomic E-state index is 11.0. The molecule has 4 rings (SSSR count). The number of aldehydes is 1. The van der Waals surface area contributed by atoms with Crippen LogP contribution in [0.3, 0.4) is 0 Å². The molecule has 0 fully saturated rings. The highest BCUT2D eigenvalue weighted by Crippen LogP contribution is 2.32. The van der Waals surface area contributed by atoms with Crippen molar-refractivity contribution >= 4 is 35.2 Å². The van der Waals surface area contributed by atoms with E-state index >= 15 is 0 Å². The topological polar surface area (TPSA) is 42.4 Å². The van der Waals surface area contributed by atoms with Gasteiger partial charge in [0.2, 0.25) is 0 Å². The standard InChI is InChI=1S/C26H22N2O.C3H8O/c1-28(16-17-29)26-19-23(22-10-6-3-7-11-22)24-18-21(14-15-25(24)27-26)13-12-20-8-4-2-5-9-20;1-3-4-2/h2-15,17-19H,16H2,1H3;3H2,1-2H3/b13-12+;. The Kier molecular flexibility index (Phi) is 8.92. The molecule has 1 heterocycles. The summed E-state index contributed by atoms with van der Waals surface area (Å²) in [6.45, 7) is 3.09. The lowest BCUT2D eigenvalue weighted by Gasteiger charge is -2.18. The molecule has 0 unspecified atom stereocenters. The highest BCUT2D eigenvalue weighted by Gasteiger charge is 2.11. The number of methoxy groups -OCH3 is 1. The second-order valence-corrected chi connectivity index (χ2v) is 7.54. The number of aromatic nitrogens is 1. The van der Waals surface area contributed by atoms with Crippen LogP contribution in [0.1, 0.15) is 18.1 Å². The number of nitrogens with zero attached hydrogens (tertiary/aromatic N) is 2. The van der Waals surface area contributed by atoms with E-state index in [4.69, 9.17) is 4.98 Å². The minimum Gasteiger partial charge on any atom is -0.385 e. The van der Waals surface area contributed by atoms with Crippen molar-refractivity contribution in [2.75, 3.05) is 32.2 Å². The normalized spacial score (nSPS) is 10.6. The molecule has 0 amide bonds. The smallest absolute Gasteiger partial charge is 0.139 e. The summed E-state index contributed by atoms with van der Waals surface area (Å²) in [7, 11) is 3.56. The summed E-state index contributed by atoms with van der Waals surface area (Å²) in [6.07, 6.45) is 5.13. The molecule has 0 saturated carbocycles. The lowest BCUT2D eigenvalue weighted by atomic mass is 9.99. The Morgan fingerprint density at radius 1 is 0.879 bits per heavy atom. The number of hydrogen-bond donors (Lipinski definition) is 0. The third kappa shape index (κ3) is 6.61. The van der Waals surface area contributed by atoms with Gasteiger partial charge in [0.1, 0.15) is 12.1 Å². The SMILES string of the molecule is CCOC.CN(CC=O)c1cc(-c2ccccc2)c2cc(/C=C/c3ccccc3)ccc2n1. The van der Waals surface area contributed by atoms with Crippen LogP contribution in [-0.2, 0) is 9.53 Å². The predicted molar refractivity (Wildman–Crippen MR) is 139 cm³/mol. The van der Waals surface area contributed by atoms with Gasteiger partial charge in [0.15, 0.2) is 0 Å². The van der Waals surface area contributed by atoms with Crippen LogP contribution in [0.4, 0.5) is 5.82 Å². The van der Waals surface area contributed by atoms with Crippen LogP contribution in [0.15, 0.2) is 84.9 Å². The van der Waals surface area contributed by atoms with E-state index in [2.05, 4.69) is 59.4 Å². The molecule has 0 aliphatic carbocycles. The summed E-state index contributed by atoms with van der Waals surface area (Å²) >= 11 is 0. The third-order valence-electron chi connectivity index (χ3n) is 5.20. The lowest BCUT2D eigenvalue weighted by Crippen LogP contribution is -2.20. The van der Waals surface area contributed by atoms with Gasteiger partial charge in [-0.3, -0.25) is 0 Å². The molecule has 0 saturated heterocycles.